The molecule has 0 N–H and O–H groups in total. The Bertz CT molecular complexity index is 262. The van der Waals surface area contributed by atoms with E-state index >= 15 is 0 Å². The highest BCUT2D eigenvalue weighted by molar-refractivity contribution is 8.07. The highest BCUT2D eigenvalue weighted by Crippen LogP contribution is 2.48. The molecule has 2 aliphatic carbocycles. The lowest BCUT2D eigenvalue weighted by Gasteiger charge is -2.34. The van der Waals surface area contributed by atoms with Crippen LogP contribution in [0.2, 0.25) is 0 Å². The molecule has 0 aromatic rings. The fraction of sp³-hybridized carbons (Fsp3) is 1.00. The molecule has 2 aliphatic heterocycles. The maximum Gasteiger partial charge on any atom is 0.0166 e. The molecule has 2 saturated heterocycles. The summed E-state index contributed by atoms with van der Waals surface area (Å²) in [6.45, 7) is 0. The lowest BCUT2D eigenvalue weighted by molar-refractivity contribution is 0.195. The highest BCUT2D eigenvalue weighted by atomic mass is 32.2. The van der Waals surface area contributed by atoms with Gasteiger partial charge in [0, 0.05) is 22.0 Å². The van der Waals surface area contributed by atoms with Crippen LogP contribution < -0.4 is 0 Å². The molecule has 4 fully saturated rings. The summed E-state index contributed by atoms with van der Waals surface area (Å²) in [6.07, 6.45) is 14.1. The van der Waals surface area contributed by atoms with Crippen LogP contribution in [0.25, 0.3) is 0 Å². The summed E-state index contributed by atoms with van der Waals surface area (Å²) in [5.74, 6) is 7.42. The van der Waals surface area contributed by atoms with Crippen LogP contribution in [-0.4, -0.2) is 22.0 Å². The third kappa shape index (κ3) is 3.48. The van der Waals surface area contributed by atoms with Gasteiger partial charge in [-0.1, -0.05) is 25.7 Å². The minimum atomic E-state index is 1.09. The Morgan fingerprint density at radius 2 is 0.947 bits per heavy atom. The summed E-state index contributed by atoms with van der Waals surface area (Å²) in [5.41, 5.74) is 0. The van der Waals surface area contributed by atoms with Gasteiger partial charge in [-0.3, -0.25) is 0 Å². The Balaban J connectivity index is 1.18. The normalized spacial score (nSPS) is 49.9. The van der Waals surface area contributed by atoms with Gasteiger partial charge in [-0.2, -0.15) is 23.5 Å². The van der Waals surface area contributed by atoms with Gasteiger partial charge < -0.3 is 0 Å². The first kappa shape index (κ1) is 13.4. The van der Waals surface area contributed by atoms with Gasteiger partial charge in [-0.05, 0) is 55.8 Å². The standard InChI is InChI=1S/C17H28S2/c1-5-14(16-10-18-16)6-2-12(1)9-13-3-7-15(8-4-13)17-11-19-17/h12-17H,1-11H2. The zero-order chi connectivity index (χ0) is 12.7. The zero-order valence-electron chi connectivity index (χ0n) is 12.1. The first-order chi connectivity index (χ1) is 9.38. The van der Waals surface area contributed by atoms with Crippen molar-refractivity contribution >= 4 is 23.5 Å². The largest absolute Gasteiger partial charge is 0.156 e. The van der Waals surface area contributed by atoms with Crippen molar-refractivity contribution in [3.8, 4) is 0 Å². The second-order valence-electron chi connectivity index (χ2n) is 7.54. The van der Waals surface area contributed by atoms with Gasteiger partial charge in [0.1, 0.15) is 0 Å². The van der Waals surface area contributed by atoms with Crippen LogP contribution in [0.4, 0.5) is 0 Å². The van der Waals surface area contributed by atoms with Crippen molar-refractivity contribution in [1.82, 2.24) is 0 Å². The van der Waals surface area contributed by atoms with E-state index in [0.717, 1.165) is 34.2 Å². The monoisotopic (exact) mass is 296 g/mol. The third-order valence-corrected chi connectivity index (χ3v) is 8.43. The molecule has 0 radical (unpaired) electrons. The van der Waals surface area contributed by atoms with Crippen molar-refractivity contribution in [2.45, 2.75) is 68.3 Å². The van der Waals surface area contributed by atoms with E-state index in [1.54, 1.807) is 57.8 Å². The first-order valence-corrected chi connectivity index (χ1v) is 10.7. The lowest BCUT2D eigenvalue weighted by Crippen LogP contribution is -2.23. The molecule has 0 bridgehead atoms. The molecule has 0 aromatic carbocycles. The molecule has 0 amide bonds. The summed E-state index contributed by atoms with van der Waals surface area (Å²) >= 11 is 4.44. The fourth-order valence-electron chi connectivity index (χ4n) is 4.72. The van der Waals surface area contributed by atoms with Gasteiger partial charge in [-0.15, -0.1) is 0 Å². The van der Waals surface area contributed by atoms with Crippen LogP contribution >= 0.6 is 23.5 Å². The summed E-state index contributed by atoms with van der Waals surface area (Å²) < 4.78 is 0. The van der Waals surface area contributed by atoms with E-state index in [1.165, 1.54) is 11.5 Å². The topological polar surface area (TPSA) is 0 Å². The van der Waals surface area contributed by atoms with E-state index in [1.807, 2.05) is 0 Å². The molecule has 4 aliphatic rings. The van der Waals surface area contributed by atoms with E-state index in [9.17, 15) is 0 Å². The van der Waals surface area contributed by atoms with Crippen molar-refractivity contribution in [1.29, 1.82) is 0 Å². The molecule has 4 rings (SSSR count). The average molecular weight is 297 g/mol. The van der Waals surface area contributed by atoms with Crippen molar-refractivity contribution < 1.29 is 0 Å². The van der Waals surface area contributed by atoms with Crippen molar-refractivity contribution in [2.24, 2.45) is 23.7 Å². The first-order valence-electron chi connectivity index (χ1n) is 8.61. The Labute approximate surface area is 127 Å². The van der Waals surface area contributed by atoms with E-state index < -0.39 is 0 Å². The molecular weight excluding hydrogens is 268 g/mol. The average Bonchev–Trinajstić information content (AvgIpc) is 3.31. The predicted octanol–water partition coefficient (Wildman–Crippen LogP) is 5.22. The maximum atomic E-state index is 2.22. The Morgan fingerprint density at radius 3 is 1.26 bits per heavy atom. The van der Waals surface area contributed by atoms with Gasteiger partial charge in [0.25, 0.3) is 0 Å². The molecule has 2 atom stereocenters. The number of rotatable bonds is 4. The smallest absolute Gasteiger partial charge is 0.0166 e. The van der Waals surface area contributed by atoms with E-state index in [0.29, 0.717) is 0 Å². The number of hydrogen-bond donors (Lipinski definition) is 0. The van der Waals surface area contributed by atoms with Gasteiger partial charge >= 0.3 is 0 Å². The maximum absolute atomic E-state index is 2.22. The van der Waals surface area contributed by atoms with E-state index in [2.05, 4.69) is 23.5 Å². The predicted molar refractivity (Wildman–Crippen MR) is 88.0 cm³/mol. The molecule has 0 nitrogen and oxygen atoms in total. The minimum Gasteiger partial charge on any atom is -0.156 e. The van der Waals surface area contributed by atoms with Crippen molar-refractivity contribution in [3.05, 3.63) is 0 Å². The number of thioether (sulfide) groups is 2. The Morgan fingerprint density at radius 1 is 0.579 bits per heavy atom. The SMILES string of the molecule is C1CC(C2CS2)CCC1CC1CCC(C2CS2)CC1. The van der Waals surface area contributed by atoms with Gasteiger partial charge in [0.15, 0.2) is 0 Å². The zero-order valence-corrected chi connectivity index (χ0v) is 13.7. The van der Waals surface area contributed by atoms with Crippen LogP contribution in [0.1, 0.15) is 57.8 Å². The molecule has 2 heteroatoms. The Kier molecular flexibility index (Phi) is 4.10. The molecule has 2 saturated carbocycles. The quantitative estimate of drug-likeness (QED) is 0.652. The summed E-state index contributed by atoms with van der Waals surface area (Å²) in [5, 5.41) is 2.18. The fourth-order valence-corrected chi connectivity index (χ4v) is 6.57. The highest BCUT2D eigenvalue weighted by Gasteiger charge is 2.37. The van der Waals surface area contributed by atoms with E-state index in [-0.39, 0.29) is 0 Å². The molecule has 108 valence electrons. The summed E-state index contributed by atoms with van der Waals surface area (Å²) in [6, 6.07) is 0. The van der Waals surface area contributed by atoms with Crippen LogP contribution in [0.15, 0.2) is 0 Å². The molecular formula is C17H28S2. The molecule has 2 unspecified atom stereocenters. The second kappa shape index (κ2) is 5.83. The molecule has 0 spiro atoms. The van der Waals surface area contributed by atoms with Crippen LogP contribution in [0.5, 0.6) is 0 Å². The van der Waals surface area contributed by atoms with Crippen molar-refractivity contribution in [3.63, 3.8) is 0 Å². The van der Waals surface area contributed by atoms with Crippen LogP contribution in [0.3, 0.4) is 0 Å². The van der Waals surface area contributed by atoms with Crippen LogP contribution in [0, 0.1) is 23.7 Å². The summed E-state index contributed by atoms with van der Waals surface area (Å²) in [7, 11) is 0. The second-order valence-corrected chi connectivity index (χ2v) is 10.1. The summed E-state index contributed by atoms with van der Waals surface area (Å²) in [4.78, 5) is 0. The molecule has 0 aromatic heterocycles. The van der Waals surface area contributed by atoms with Gasteiger partial charge in [-0.25, -0.2) is 0 Å². The van der Waals surface area contributed by atoms with Gasteiger partial charge in [0.2, 0.25) is 0 Å². The van der Waals surface area contributed by atoms with Crippen molar-refractivity contribution in [2.75, 3.05) is 11.5 Å². The number of hydrogen-bond acceptors (Lipinski definition) is 2. The minimum absolute atomic E-state index is 1.09. The molecule has 2 heterocycles. The Hall–Kier alpha value is 0.700. The third-order valence-electron chi connectivity index (χ3n) is 6.22. The van der Waals surface area contributed by atoms with Gasteiger partial charge in [0.05, 0.1) is 0 Å². The molecule has 19 heavy (non-hydrogen) atoms. The van der Waals surface area contributed by atoms with E-state index in [4.69, 9.17) is 0 Å². The van der Waals surface area contributed by atoms with Crippen LogP contribution in [-0.2, 0) is 0 Å². The lowest BCUT2D eigenvalue weighted by atomic mass is 9.72.